The summed E-state index contributed by atoms with van der Waals surface area (Å²) in [6, 6.07) is 8.35. The summed E-state index contributed by atoms with van der Waals surface area (Å²) in [4.78, 5) is 21.9. The van der Waals surface area contributed by atoms with Gasteiger partial charge in [0.1, 0.15) is 0 Å². The van der Waals surface area contributed by atoms with Crippen molar-refractivity contribution in [3.05, 3.63) is 42.4 Å². The normalized spacial score (nSPS) is 29.5. The molecule has 0 bridgehead atoms. The second-order valence-electron chi connectivity index (χ2n) is 7.72. The van der Waals surface area contributed by atoms with Gasteiger partial charge in [0.15, 0.2) is 5.82 Å². The Morgan fingerprint density at radius 3 is 2.96 bits per heavy atom. The highest BCUT2D eigenvalue weighted by molar-refractivity contribution is 5.81. The van der Waals surface area contributed by atoms with Crippen molar-refractivity contribution in [2.45, 2.75) is 37.8 Å². The molecule has 2 aromatic rings. The largest absolute Gasteiger partial charge is 0.393 e. The molecule has 1 saturated heterocycles. The summed E-state index contributed by atoms with van der Waals surface area (Å²) in [6.45, 7) is 4.51. The van der Waals surface area contributed by atoms with Gasteiger partial charge in [0.25, 0.3) is 0 Å². The summed E-state index contributed by atoms with van der Waals surface area (Å²) in [5, 5.41) is 9.55. The van der Waals surface area contributed by atoms with Crippen molar-refractivity contribution in [3.63, 3.8) is 0 Å². The van der Waals surface area contributed by atoms with Crippen molar-refractivity contribution in [2.75, 3.05) is 24.5 Å². The molecule has 1 N–H and O–H groups in total. The summed E-state index contributed by atoms with van der Waals surface area (Å²) < 4.78 is 2.18. The van der Waals surface area contributed by atoms with Crippen LogP contribution in [0.2, 0.25) is 0 Å². The third kappa shape index (κ3) is 2.02. The summed E-state index contributed by atoms with van der Waals surface area (Å²) >= 11 is 0. The molecule has 0 aromatic carbocycles. The van der Waals surface area contributed by atoms with Crippen LogP contribution in [0.4, 0.5) is 5.69 Å². The van der Waals surface area contributed by atoms with Crippen LogP contribution in [0.25, 0.3) is 5.82 Å². The van der Waals surface area contributed by atoms with Gasteiger partial charge >= 0.3 is 0 Å². The van der Waals surface area contributed by atoms with E-state index in [4.69, 9.17) is 0 Å². The van der Waals surface area contributed by atoms with Gasteiger partial charge in [0.2, 0.25) is 5.91 Å². The molecule has 2 aliphatic heterocycles. The van der Waals surface area contributed by atoms with E-state index in [1.807, 2.05) is 17.2 Å². The number of likely N-dealkylation sites (tertiary alicyclic amines) is 1. The molecule has 136 valence electrons. The van der Waals surface area contributed by atoms with Gasteiger partial charge in [-0.15, -0.1) is 0 Å². The Morgan fingerprint density at radius 1 is 1.35 bits per heavy atom. The number of fused-ring (bicyclic) bond motifs is 4. The first-order valence-electron chi connectivity index (χ1n) is 9.52. The number of hydrogen-bond acceptors (Lipinski definition) is 4. The smallest absolute Gasteiger partial charge is 0.225 e. The number of aliphatic hydroxyl groups is 1. The molecule has 1 spiro atoms. The standard InChI is InChI=1S/C20H24N4O2/c1-2-24-16-5-3-8-21-18(16)23-9-4-6-17(23)20(24)7-10-22(13-20)19(26)14-11-15(25)12-14/h3-6,8-9,14-15,25H,2,7,10-13H2,1H3/t14?,15?,20-/m1/s1. The third-order valence-corrected chi connectivity index (χ3v) is 6.37. The van der Waals surface area contributed by atoms with Crippen molar-refractivity contribution >= 4 is 11.6 Å². The van der Waals surface area contributed by atoms with Crippen LogP contribution in [-0.2, 0) is 10.3 Å². The topological polar surface area (TPSA) is 61.6 Å². The van der Waals surface area contributed by atoms with E-state index in [9.17, 15) is 9.90 Å². The van der Waals surface area contributed by atoms with Crippen LogP contribution in [0.1, 0.15) is 31.9 Å². The second-order valence-corrected chi connectivity index (χ2v) is 7.72. The van der Waals surface area contributed by atoms with E-state index < -0.39 is 0 Å². The minimum absolute atomic E-state index is 0.000411. The van der Waals surface area contributed by atoms with Crippen molar-refractivity contribution in [3.8, 4) is 5.82 Å². The third-order valence-electron chi connectivity index (χ3n) is 6.37. The predicted molar refractivity (Wildman–Crippen MR) is 98.2 cm³/mol. The maximum Gasteiger partial charge on any atom is 0.225 e. The summed E-state index contributed by atoms with van der Waals surface area (Å²) in [6.07, 6.45) is 5.76. The van der Waals surface area contributed by atoms with Crippen LogP contribution in [0.15, 0.2) is 36.7 Å². The fourth-order valence-electron chi connectivity index (χ4n) is 5.03. The lowest BCUT2D eigenvalue weighted by atomic mass is 9.81. The number of nitrogens with zero attached hydrogens (tertiary/aromatic N) is 4. The van der Waals surface area contributed by atoms with E-state index in [0.717, 1.165) is 31.0 Å². The maximum absolute atomic E-state index is 12.9. The first-order valence-corrected chi connectivity index (χ1v) is 9.52. The molecule has 4 heterocycles. The van der Waals surface area contributed by atoms with E-state index in [-0.39, 0.29) is 23.5 Å². The van der Waals surface area contributed by atoms with Crippen molar-refractivity contribution in [2.24, 2.45) is 5.92 Å². The van der Waals surface area contributed by atoms with Crippen LogP contribution in [-0.4, -0.2) is 51.2 Å². The van der Waals surface area contributed by atoms with Crippen LogP contribution in [0.5, 0.6) is 0 Å². The average molecular weight is 352 g/mol. The van der Waals surface area contributed by atoms with Crippen LogP contribution < -0.4 is 4.90 Å². The molecule has 3 aliphatic rings. The Hall–Kier alpha value is -2.34. The highest BCUT2D eigenvalue weighted by atomic mass is 16.3. The van der Waals surface area contributed by atoms with Crippen molar-refractivity contribution < 1.29 is 9.90 Å². The van der Waals surface area contributed by atoms with E-state index in [1.165, 1.54) is 5.69 Å². The molecule has 0 radical (unpaired) electrons. The van der Waals surface area contributed by atoms with Gasteiger partial charge in [-0.1, -0.05) is 0 Å². The minimum Gasteiger partial charge on any atom is -0.393 e. The second kappa shape index (κ2) is 5.58. The molecule has 1 atom stereocenters. The highest BCUT2D eigenvalue weighted by Crippen LogP contribution is 2.47. The van der Waals surface area contributed by atoms with Gasteiger partial charge in [-0.05, 0) is 50.5 Å². The molecular weight excluding hydrogens is 328 g/mol. The monoisotopic (exact) mass is 352 g/mol. The molecule has 6 heteroatoms. The van der Waals surface area contributed by atoms with E-state index in [1.54, 1.807) is 0 Å². The SMILES string of the molecule is CCN1c2cccnc2-n2cccc2[C@]12CCN(C(=O)C1CC(O)C1)C2. The first-order chi connectivity index (χ1) is 12.6. The molecule has 6 nitrogen and oxygen atoms in total. The van der Waals surface area contributed by atoms with E-state index >= 15 is 0 Å². The van der Waals surface area contributed by atoms with Gasteiger partial charge in [0.05, 0.1) is 23.0 Å². The number of rotatable bonds is 2. The zero-order valence-electron chi connectivity index (χ0n) is 15.0. The molecule has 2 fully saturated rings. The number of aromatic nitrogens is 2. The zero-order chi connectivity index (χ0) is 17.9. The fraction of sp³-hybridized carbons (Fsp3) is 0.500. The number of carbonyl (C=O) groups is 1. The maximum atomic E-state index is 12.9. The molecule has 0 unspecified atom stereocenters. The Labute approximate surface area is 153 Å². The Balaban J connectivity index is 1.53. The Bertz CT molecular complexity index is 857. The Morgan fingerprint density at radius 2 is 2.19 bits per heavy atom. The van der Waals surface area contributed by atoms with Gasteiger partial charge in [0, 0.05) is 37.9 Å². The zero-order valence-corrected chi connectivity index (χ0v) is 15.0. The molecule has 5 rings (SSSR count). The lowest BCUT2D eigenvalue weighted by Gasteiger charge is -2.47. The van der Waals surface area contributed by atoms with Gasteiger partial charge in [-0.3, -0.25) is 4.79 Å². The number of anilines is 1. The predicted octanol–water partition coefficient (Wildman–Crippen LogP) is 1.91. The molecule has 26 heavy (non-hydrogen) atoms. The number of aliphatic hydroxyl groups excluding tert-OH is 1. The number of carbonyl (C=O) groups excluding carboxylic acids is 1. The van der Waals surface area contributed by atoms with Crippen LogP contribution in [0, 0.1) is 5.92 Å². The number of amides is 1. The molecule has 1 aliphatic carbocycles. The highest BCUT2D eigenvalue weighted by Gasteiger charge is 2.51. The Kier molecular flexibility index (Phi) is 3.41. The van der Waals surface area contributed by atoms with Crippen LogP contribution in [0.3, 0.4) is 0 Å². The summed E-state index contributed by atoms with van der Waals surface area (Å²) in [7, 11) is 0. The van der Waals surface area contributed by atoms with Gasteiger partial charge in [-0.25, -0.2) is 4.98 Å². The summed E-state index contributed by atoms with van der Waals surface area (Å²) in [5.41, 5.74) is 2.15. The molecule has 1 amide bonds. The van der Waals surface area contributed by atoms with Crippen LogP contribution >= 0.6 is 0 Å². The van der Waals surface area contributed by atoms with E-state index in [2.05, 4.69) is 45.8 Å². The lowest BCUT2D eigenvalue weighted by molar-refractivity contribution is -0.141. The molecular formula is C20H24N4O2. The average Bonchev–Trinajstić information content (AvgIpc) is 3.28. The van der Waals surface area contributed by atoms with Crippen molar-refractivity contribution in [1.82, 2.24) is 14.5 Å². The van der Waals surface area contributed by atoms with Gasteiger partial charge < -0.3 is 19.5 Å². The lowest BCUT2D eigenvalue weighted by Crippen LogP contribution is -2.53. The van der Waals surface area contributed by atoms with Gasteiger partial charge in [-0.2, -0.15) is 0 Å². The first kappa shape index (κ1) is 15.9. The number of likely N-dealkylation sites (N-methyl/N-ethyl adjacent to an activating group) is 1. The molecule has 1 saturated carbocycles. The molecule has 2 aromatic heterocycles. The van der Waals surface area contributed by atoms with Crippen molar-refractivity contribution in [1.29, 1.82) is 0 Å². The quantitative estimate of drug-likeness (QED) is 0.897. The summed E-state index contributed by atoms with van der Waals surface area (Å²) in [5.74, 6) is 1.17. The number of pyridine rings is 1. The number of hydrogen-bond donors (Lipinski definition) is 1. The fourth-order valence-corrected chi connectivity index (χ4v) is 5.03. The van der Waals surface area contributed by atoms with E-state index in [0.29, 0.717) is 19.4 Å². The minimum atomic E-state index is -0.294.